The monoisotopic (exact) mass is 246 g/mol. The van der Waals surface area contributed by atoms with E-state index in [1.54, 1.807) is 6.92 Å². The fourth-order valence-electron chi connectivity index (χ4n) is 1.96. The third-order valence-corrected chi connectivity index (χ3v) is 2.80. The molecule has 0 fully saturated rings. The number of hydrogen-bond donors (Lipinski definition) is 1. The second-order valence-electron chi connectivity index (χ2n) is 4.07. The van der Waals surface area contributed by atoms with Crippen molar-refractivity contribution in [2.24, 2.45) is 0 Å². The molecule has 0 saturated heterocycles. The highest BCUT2D eigenvalue weighted by molar-refractivity contribution is 5.79. The van der Waals surface area contributed by atoms with Crippen molar-refractivity contribution in [3.8, 4) is 0 Å². The van der Waals surface area contributed by atoms with Crippen LogP contribution in [0.25, 0.3) is 10.9 Å². The predicted octanol–water partition coefficient (Wildman–Crippen LogP) is 2.78. The van der Waals surface area contributed by atoms with Crippen LogP contribution in [0, 0.1) is 0 Å². The van der Waals surface area contributed by atoms with Gasteiger partial charge in [0.05, 0.1) is 6.61 Å². The number of amides is 1. The number of fused-ring (bicyclic) bond motifs is 1. The van der Waals surface area contributed by atoms with Gasteiger partial charge in [0.1, 0.15) is 0 Å². The average Bonchev–Trinajstić information content (AvgIpc) is 2.78. The van der Waals surface area contributed by atoms with Gasteiger partial charge in [0.25, 0.3) is 0 Å². The number of nitrogens with one attached hydrogen (secondary N) is 1. The maximum atomic E-state index is 11.1. The van der Waals surface area contributed by atoms with Crippen molar-refractivity contribution in [2.45, 2.75) is 19.9 Å². The number of benzene rings is 1. The van der Waals surface area contributed by atoms with E-state index in [1.807, 2.05) is 12.1 Å². The summed E-state index contributed by atoms with van der Waals surface area (Å²) < 4.78 is 6.99. The largest absolute Gasteiger partial charge is 0.450 e. The molecule has 0 bridgehead atoms. The molecule has 0 aliphatic heterocycles. The van der Waals surface area contributed by atoms with Gasteiger partial charge in [-0.1, -0.05) is 18.2 Å². The van der Waals surface area contributed by atoms with Crippen LogP contribution in [0.5, 0.6) is 0 Å². The highest BCUT2D eigenvalue weighted by Gasteiger charge is 2.01. The van der Waals surface area contributed by atoms with Crippen molar-refractivity contribution in [1.82, 2.24) is 9.88 Å². The summed E-state index contributed by atoms with van der Waals surface area (Å²) in [5, 5.41) is 3.97. The van der Waals surface area contributed by atoms with Crippen molar-refractivity contribution in [3.05, 3.63) is 36.5 Å². The number of hydrogen-bond acceptors (Lipinski definition) is 2. The molecule has 18 heavy (non-hydrogen) atoms. The summed E-state index contributed by atoms with van der Waals surface area (Å²) in [6.45, 7) is 3.73. The molecule has 2 aromatic rings. The fraction of sp³-hybridized carbons (Fsp3) is 0.357. The summed E-state index contributed by atoms with van der Waals surface area (Å²) in [6, 6.07) is 10.4. The lowest BCUT2D eigenvalue weighted by Crippen LogP contribution is -2.25. The minimum absolute atomic E-state index is 0.338. The second kappa shape index (κ2) is 6.10. The van der Waals surface area contributed by atoms with Crippen molar-refractivity contribution in [1.29, 1.82) is 0 Å². The standard InChI is InChI=1S/C14H18N2O2/c1-2-18-14(17)15-9-5-10-16-11-8-12-6-3-4-7-13(12)16/h3-4,6-8,11H,2,5,9-10H2,1H3,(H,15,17). The zero-order valence-corrected chi connectivity index (χ0v) is 10.6. The Bertz CT molecular complexity index is 519. The number of rotatable bonds is 5. The van der Waals surface area contributed by atoms with E-state index in [2.05, 4.69) is 34.3 Å². The van der Waals surface area contributed by atoms with Crippen LogP contribution >= 0.6 is 0 Å². The van der Waals surface area contributed by atoms with Gasteiger partial charge in [-0.15, -0.1) is 0 Å². The van der Waals surface area contributed by atoms with Crippen LogP contribution in [0.3, 0.4) is 0 Å². The first kappa shape index (κ1) is 12.5. The molecule has 1 N–H and O–H groups in total. The summed E-state index contributed by atoms with van der Waals surface area (Å²) in [5.41, 5.74) is 1.23. The third kappa shape index (κ3) is 3.03. The van der Waals surface area contributed by atoms with E-state index in [9.17, 15) is 4.79 Å². The quantitative estimate of drug-likeness (QED) is 0.824. The molecule has 0 aliphatic carbocycles. The number of ether oxygens (including phenoxy) is 1. The van der Waals surface area contributed by atoms with E-state index in [0.29, 0.717) is 13.2 Å². The Hall–Kier alpha value is -1.97. The minimum Gasteiger partial charge on any atom is -0.450 e. The number of nitrogens with zero attached hydrogens (tertiary/aromatic N) is 1. The van der Waals surface area contributed by atoms with E-state index >= 15 is 0 Å². The summed E-state index contributed by atoms with van der Waals surface area (Å²) in [6.07, 6.45) is 2.63. The van der Waals surface area contributed by atoms with E-state index in [-0.39, 0.29) is 6.09 Å². The number of aromatic nitrogens is 1. The van der Waals surface area contributed by atoms with Crippen LogP contribution in [0.2, 0.25) is 0 Å². The van der Waals surface area contributed by atoms with Crippen LogP contribution in [0.15, 0.2) is 36.5 Å². The van der Waals surface area contributed by atoms with Gasteiger partial charge in [-0.05, 0) is 30.9 Å². The Morgan fingerprint density at radius 3 is 3.00 bits per heavy atom. The Morgan fingerprint density at radius 2 is 2.17 bits per heavy atom. The van der Waals surface area contributed by atoms with Crippen LogP contribution < -0.4 is 5.32 Å². The zero-order valence-electron chi connectivity index (χ0n) is 10.6. The Balaban J connectivity index is 1.82. The van der Waals surface area contributed by atoms with E-state index in [1.165, 1.54) is 10.9 Å². The summed E-state index contributed by atoms with van der Waals surface area (Å²) in [4.78, 5) is 11.1. The van der Waals surface area contributed by atoms with E-state index in [4.69, 9.17) is 4.74 Å². The molecule has 0 unspecified atom stereocenters. The van der Waals surface area contributed by atoms with Crippen LogP contribution in [0.4, 0.5) is 4.79 Å². The maximum absolute atomic E-state index is 11.1. The molecule has 1 aromatic carbocycles. The van der Waals surface area contributed by atoms with Gasteiger partial charge < -0.3 is 14.6 Å². The molecule has 0 spiro atoms. The highest BCUT2D eigenvalue weighted by atomic mass is 16.5. The van der Waals surface area contributed by atoms with Crippen LogP contribution in [-0.2, 0) is 11.3 Å². The first-order valence-electron chi connectivity index (χ1n) is 6.25. The first-order valence-corrected chi connectivity index (χ1v) is 6.25. The summed E-state index contributed by atoms with van der Waals surface area (Å²) in [5.74, 6) is 0. The van der Waals surface area contributed by atoms with Gasteiger partial charge in [-0.3, -0.25) is 0 Å². The van der Waals surface area contributed by atoms with Crippen molar-refractivity contribution in [3.63, 3.8) is 0 Å². The molecule has 0 aliphatic rings. The smallest absolute Gasteiger partial charge is 0.407 e. The molecule has 1 aromatic heterocycles. The molecular weight excluding hydrogens is 228 g/mol. The summed E-state index contributed by atoms with van der Waals surface area (Å²) >= 11 is 0. The predicted molar refractivity (Wildman–Crippen MR) is 71.6 cm³/mol. The molecular formula is C14H18N2O2. The fourth-order valence-corrected chi connectivity index (χ4v) is 1.96. The number of carbonyl (C=O) groups is 1. The lowest BCUT2D eigenvalue weighted by Gasteiger charge is -2.07. The molecule has 0 saturated carbocycles. The van der Waals surface area contributed by atoms with Gasteiger partial charge in [0.2, 0.25) is 0 Å². The van der Waals surface area contributed by atoms with Crippen molar-refractivity contribution < 1.29 is 9.53 Å². The molecule has 1 heterocycles. The highest BCUT2D eigenvalue weighted by Crippen LogP contribution is 2.15. The van der Waals surface area contributed by atoms with Crippen molar-refractivity contribution in [2.75, 3.05) is 13.2 Å². The van der Waals surface area contributed by atoms with Crippen LogP contribution in [0.1, 0.15) is 13.3 Å². The first-order chi connectivity index (χ1) is 8.81. The molecule has 1 amide bonds. The van der Waals surface area contributed by atoms with Crippen LogP contribution in [-0.4, -0.2) is 23.8 Å². The molecule has 0 atom stereocenters. The Morgan fingerprint density at radius 1 is 1.33 bits per heavy atom. The Labute approximate surface area is 107 Å². The van der Waals surface area contributed by atoms with Gasteiger partial charge >= 0.3 is 6.09 Å². The molecule has 4 nitrogen and oxygen atoms in total. The van der Waals surface area contributed by atoms with E-state index < -0.39 is 0 Å². The van der Waals surface area contributed by atoms with E-state index in [0.717, 1.165) is 13.0 Å². The lowest BCUT2D eigenvalue weighted by molar-refractivity contribution is 0.152. The van der Waals surface area contributed by atoms with Gasteiger partial charge in [0, 0.05) is 24.8 Å². The Kier molecular flexibility index (Phi) is 4.23. The maximum Gasteiger partial charge on any atom is 0.407 e. The zero-order chi connectivity index (χ0) is 12.8. The lowest BCUT2D eigenvalue weighted by atomic mass is 10.2. The van der Waals surface area contributed by atoms with Crippen molar-refractivity contribution >= 4 is 17.0 Å². The second-order valence-corrected chi connectivity index (χ2v) is 4.07. The summed E-state index contributed by atoms with van der Waals surface area (Å²) in [7, 11) is 0. The number of alkyl carbamates (subject to hydrolysis) is 1. The molecule has 4 heteroatoms. The number of aryl methyl sites for hydroxylation is 1. The van der Waals surface area contributed by atoms with Gasteiger partial charge in [-0.2, -0.15) is 0 Å². The number of carbonyl (C=O) groups excluding carboxylic acids is 1. The molecule has 2 rings (SSSR count). The minimum atomic E-state index is -0.338. The SMILES string of the molecule is CCOC(=O)NCCCn1ccc2ccccc21. The third-order valence-electron chi connectivity index (χ3n) is 2.80. The normalized spacial score (nSPS) is 10.5. The van der Waals surface area contributed by atoms with Gasteiger partial charge in [0.15, 0.2) is 0 Å². The topological polar surface area (TPSA) is 43.3 Å². The molecule has 0 radical (unpaired) electrons. The van der Waals surface area contributed by atoms with Gasteiger partial charge in [-0.25, -0.2) is 4.79 Å². The molecule has 96 valence electrons. The number of para-hydroxylation sites is 1. The average molecular weight is 246 g/mol.